The first-order valence-corrected chi connectivity index (χ1v) is 4.83. The summed E-state index contributed by atoms with van der Waals surface area (Å²) < 4.78 is 0. The Kier molecular flexibility index (Phi) is 2.15. The number of anilines is 1. The molecule has 1 saturated carbocycles. The van der Waals surface area contributed by atoms with E-state index in [0.717, 1.165) is 18.4 Å². The van der Waals surface area contributed by atoms with Gasteiger partial charge in [0.15, 0.2) is 0 Å². The number of carbonyl (C=O) groups is 1. The fraction of sp³-hybridized carbons (Fsp3) is 0.364. The standard InChI is InChI=1S/C11H14N2O/c1-7-4-8(6-9(12)5-7)11(14)13-10-2-3-10/h4-6,10H,2-3,12H2,1H3,(H,13,14). The molecule has 0 saturated heterocycles. The summed E-state index contributed by atoms with van der Waals surface area (Å²) in [4.78, 5) is 11.6. The van der Waals surface area contributed by atoms with Crippen LogP contribution in [0.3, 0.4) is 0 Å². The molecule has 0 bridgehead atoms. The molecule has 3 nitrogen and oxygen atoms in total. The predicted molar refractivity (Wildman–Crippen MR) is 56.1 cm³/mol. The van der Waals surface area contributed by atoms with Gasteiger partial charge in [0, 0.05) is 17.3 Å². The van der Waals surface area contributed by atoms with Crippen molar-refractivity contribution in [1.29, 1.82) is 0 Å². The molecule has 1 aliphatic carbocycles. The zero-order chi connectivity index (χ0) is 10.1. The third-order valence-corrected chi connectivity index (χ3v) is 2.27. The first-order chi connectivity index (χ1) is 6.65. The van der Waals surface area contributed by atoms with Crippen molar-refractivity contribution in [2.75, 3.05) is 5.73 Å². The number of hydrogen-bond acceptors (Lipinski definition) is 2. The van der Waals surface area contributed by atoms with Crippen molar-refractivity contribution in [3.05, 3.63) is 29.3 Å². The third kappa shape index (κ3) is 2.05. The second-order valence-corrected chi connectivity index (χ2v) is 3.88. The van der Waals surface area contributed by atoms with Gasteiger partial charge < -0.3 is 11.1 Å². The van der Waals surface area contributed by atoms with Gasteiger partial charge >= 0.3 is 0 Å². The van der Waals surface area contributed by atoms with Crippen molar-refractivity contribution in [3.8, 4) is 0 Å². The molecular formula is C11H14N2O. The van der Waals surface area contributed by atoms with Crippen LogP contribution in [0.25, 0.3) is 0 Å². The number of nitrogens with two attached hydrogens (primary N) is 1. The maximum absolute atomic E-state index is 11.6. The molecule has 0 aliphatic heterocycles. The van der Waals surface area contributed by atoms with E-state index in [4.69, 9.17) is 5.73 Å². The van der Waals surface area contributed by atoms with Crippen molar-refractivity contribution in [2.24, 2.45) is 0 Å². The van der Waals surface area contributed by atoms with Crippen LogP contribution in [0.15, 0.2) is 18.2 Å². The van der Waals surface area contributed by atoms with Crippen molar-refractivity contribution in [2.45, 2.75) is 25.8 Å². The maximum atomic E-state index is 11.6. The smallest absolute Gasteiger partial charge is 0.251 e. The zero-order valence-corrected chi connectivity index (χ0v) is 8.21. The highest BCUT2D eigenvalue weighted by atomic mass is 16.1. The highest BCUT2D eigenvalue weighted by molar-refractivity contribution is 5.95. The van der Waals surface area contributed by atoms with Gasteiger partial charge in [-0.25, -0.2) is 0 Å². The first-order valence-electron chi connectivity index (χ1n) is 4.83. The summed E-state index contributed by atoms with van der Waals surface area (Å²) in [6.45, 7) is 1.93. The van der Waals surface area contributed by atoms with E-state index in [9.17, 15) is 4.79 Å². The fourth-order valence-corrected chi connectivity index (χ4v) is 1.44. The van der Waals surface area contributed by atoms with Gasteiger partial charge in [0.05, 0.1) is 0 Å². The second-order valence-electron chi connectivity index (χ2n) is 3.88. The van der Waals surface area contributed by atoms with Gasteiger partial charge in [-0.3, -0.25) is 4.79 Å². The van der Waals surface area contributed by atoms with E-state index in [2.05, 4.69) is 5.32 Å². The second kappa shape index (κ2) is 3.33. The summed E-state index contributed by atoms with van der Waals surface area (Å²) in [7, 11) is 0. The maximum Gasteiger partial charge on any atom is 0.251 e. The van der Waals surface area contributed by atoms with Crippen LogP contribution in [0.1, 0.15) is 28.8 Å². The van der Waals surface area contributed by atoms with Gasteiger partial charge in [0.25, 0.3) is 5.91 Å². The monoisotopic (exact) mass is 190 g/mol. The van der Waals surface area contributed by atoms with E-state index in [1.165, 1.54) is 0 Å². The van der Waals surface area contributed by atoms with E-state index >= 15 is 0 Å². The zero-order valence-electron chi connectivity index (χ0n) is 8.21. The highest BCUT2D eigenvalue weighted by Crippen LogP contribution is 2.20. The van der Waals surface area contributed by atoms with Crippen molar-refractivity contribution < 1.29 is 4.79 Å². The molecular weight excluding hydrogens is 176 g/mol. The van der Waals surface area contributed by atoms with Gasteiger partial charge in [0.2, 0.25) is 0 Å². The number of amides is 1. The van der Waals surface area contributed by atoms with E-state index in [1.807, 2.05) is 19.1 Å². The molecule has 1 aromatic carbocycles. The van der Waals surface area contributed by atoms with E-state index in [-0.39, 0.29) is 5.91 Å². The number of carbonyl (C=O) groups excluding carboxylic acids is 1. The third-order valence-electron chi connectivity index (χ3n) is 2.27. The Morgan fingerprint density at radius 3 is 2.71 bits per heavy atom. The SMILES string of the molecule is Cc1cc(N)cc(C(=O)NC2CC2)c1. The lowest BCUT2D eigenvalue weighted by Gasteiger charge is -2.05. The van der Waals surface area contributed by atoms with Crippen LogP contribution >= 0.6 is 0 Å². The van der Waals surface area contributed by atoms with E-state index < -0.39 is 0 Å². The number of rotatable bonds is 2. The average molecular weight is 190 g/mol. The van der Waals surface area contributed by atoms with Gasteiger partial charge in [-0.05, 0) is 43.5 Å². The molecule has 0 unspecified atom stereocenters. The van der Waals surface area contributed by atoms with Gasteiger partial charge in [-0.15, -0.1) is 0 Å². The van der Waals surface area contributed by atoms with Crippen LogP contribution in [0.4, 0.5) is 5.69 Å². The first kappa shape index (κ1) is 9.06. The quantitative estimate of drug-likeness (QED) is 0.694. The molecule has 0 aromatic heterocycles. The number of aryl methyl sites for hydroxylation is 1. The lowest BCUT2D eigenvalue weighted by atomic mass is 10.1. The molecule has 0 radical (unpaired) electrons. The molecule has 3 N–H and O–H groups in total. The summed E-state index contributed by atoms with van der Waals surface area (Å²) in [5.41, 5.74) is 7.99. The summed E-state index contributed by atoms with van der Waals surface area (Å²) in [6.07, 6.45) is 2.21. The van der Waals surface area contributed by atoms with Gasteiger partial charge in [-0.1, -0.05) is 0 Å². The van der Waals surface area contributed by atoms with Crippen LogP contribution in [0.2, 0.25) is 0 Å². The Morgan fingerprint density at radius 1 is 1.43 bits per heavy atom. The molecule has 2 rings (SSSR count). The van der Waals surface area contributed by atoms with Crippen LogP contribution < -0.4 is 11.1 Å². The highest BCUT2D eigenvalue weighted by Gasteiger charge is 2.23. The molecule has 14 heavy (non-hydrogen) atoms. The van der Waals surface area contributed by atoms with Crippen molar-refractivity contribution in [3.63, 3.8) is 0 Å². The molecule has 1 aromatic rings. The Balaban J connectivity index is 2.17. The average Bonchev–Trinajstić information content (AvgIpc) is 2.86. The number of nitrogen functional groups attached to an aromatic ring is 1. The van der Waals surface area contributed by atoms with Gasteiger partial charge in [-0.2, -0.15) is 0 Å². The van der Waals surface area contributed by atoms with Crippen molar-refractivity contribution >= 4 is 11.6 Å². The molecule has 1 amide bonds. The van der Waals surface area contributed by atoms with Crippen LogP contribution in [0.5, 0.6) is 0 Å². The minimum absolute atomic E-state index is 0.0112. The van der Waals surface area contributed by atoms with Crippen LogP contribution in [-0.4, -0.2) is 11.9 Å². The molecule has 0 atom stereocenters. The lowest BCUT2D eigenvalue weighted by molar-refractivity contribution is 0.0951. The Labute approximate surface area is 83.3 Å². The normalized spacial score (nSPS) is 15.2. The largest absolute Gasteiger partial charge is 0.399 e. The number of benzene rings is 1. The Hall–Kier alpha value is -1.51. The van der Waals surface area contributed by atoms with Crippen LogP contribution in [0, 0.1) is 6.92 Å². The molecule has 0 spiro atoms. The summed E-state index contributed by atoms with van der Waals surface area (Å²) in [5, 5.41) is 2.93. The summed E-state index contributed by atoms with van der Waals surface area (Å²) in [5.74, 6) is -0.0112. The van der Waals surface area contributed by atoms with Crippen LogP contribution in [-0.2, 0) is 0 Å². The molecule has 3 heteroatoms. The molecule has 0 heterocycles. The minimum atomic E-state index is -0.0112. The topological polar surface area (TPSA) is 55.1 Å². The molecule has 1 fully saturated rings. The van der Waals surface area contributed by atoms with Crippen molar-refractivity contribution in [1.82, 2.24) is 5.32 Å². The number of hydrogen-bond donors (Lipinski definition) is 2. The predicted octanol–water partition coefficient (Wildman–Crippen LogP) is 1.47. The fourth-order valence-electron chi connectivity index (χ4n) is 1.44. The number of nitrogens with one attached hydrogen (secondary N) is 1. The summed E-state index contributed by atoms with van der Waals surface area (Å²) >= 11 is 0. The van der Waals surface area contributed by atoms with Gasteiger partial charge in [0.1, 0.15) is 0 Å². The van der Waals surface area contributed by atoms with E-state index in [1.54, 1.807) is 6.07 Å². The Bertz CT molecular complexity index is 349. The molecule has 74 valence electrons. The minimum Gasteiger partial charge on any atom is -0.399 e. The molecule has 1 aliphatic rings. The summed E-state index contributed by atoms with van der Waals surface area (Å²) in [6, 6.07) is 5.82. The van der Waals surface area contributed by atoms with E-state index in [0.29, 0.717) is 17.3 Å². The Morgan fingerprint density at radius 2 is 2.14 bits per heavy atom. The lowest BCUT2D eigenvalue weighted by Crippen LogP contribution is -2.25.